The van der Waals surface area contributed by atoms with Gasteiger partial charge in [-0.2, -0.15) is 0 Å². The highest BCUT2D eigenvalue weighted by molar-refractivity contribution is 6.35. The second kappa shape index (κ2) is 6.55. The third-order valence-corrected chi connectivity index (χ3v) is 3.67. The van der Waals surface area contributed by atoms with Crippen LogP contribution in [0.5, 0.6) is 5.75 Å². The molecule has 0 spiro atoms. The topological polar surface area (TPSA) is 64.6 Å². The van der Waals surface area contributed by atoms with Crippen LogP contribution in [0.25, 0.3) is 11.6 Å². The number of amides is 1. The van der Waals surface area contributed by atoms with Crippen LogP contribution in [0, 0.1) is 0 Å². The van der Waals surface area contributed by atoms with E-state index in [9.17, 15) is 22.8 Å². The Morgan fingerprint density at radius 1 is 1.15 bits per heavy atom. The number of anilines is 1. The number of benzene rings is 2. The molecule has 2 aromatic carbocycles. The molecule has 0 unspecified atom stereocenters. The van der Waals surface area contributed by atoms with Gasteiger partial charge in [-0.3, -0.25) is 4.79 Å². The smallest absolute Gasteiger partial charge is 0.465 e. The fraction of sp³-hybridized carbons (Fsp3) is 0.111. The minimum atomic E-state index is -4.85. The summed E-state index contributed by atoms with van der Waals surface area (Å²) in [5.74, 6) is -1.48. The van der Waals surface area contributed by atoms with E-state index in [0.29, 0.717) is 11.3 Å². The van der Waals surface area contributed by atoms with Gasteiger partial charge in [0.1, 0.15) is 5.75 Å². The van der Waals surface area contributed by atoms with Gasteiger partial charge in [0.2, 0.25) is 0 Å². The number of rotatable bonds is 3. The van der Waals surface area contributed by atoms with Crippen molar-refractivity contribution in [2.75, 3.05) is 12.4 Å². The van der Waals surface area contributed by atoms with Crippen molar-refractivity contribution in [1.29, 1.82) is 0 Å². The first kappa shape index (κ1) is 17.5. The number of nitrogens with one attached hydrogen (secondary N) is 1. The average Bonchev–Trinajstić information content (AvgIpc) is 2.89. The normalized spacial score (nSPS) is 14.8. The monoisotopic (exact) mass is 363 g/mol. The summed E-state index contributed by atoms with van der Waals surface area (Å²) >= 11 is 0. The highest BCUT2D eigenvalue weighted by Crippen LogP contribution is 2.36. The van der Waals surface area contributed by atoms with Gasteiger partial charge in [0.05, 0.1) is 12.7 Å². The van der Waals surface area contributed by atoms with Gasteiger partial charge in [0, 0.05) is 22.4 Å². The van der Waals surface area contributed by atoms with Gasteiger partial charge in [0.15, 0.2) is 0 Å². The molecule has 1 aliphatic heterocycles. The number of hydrogen-bond donors (Lipinski definition) is 1. The van der Waals surface area contributed by atoms with E-state index in [1.807, 2.05) is 0 Å². The Morgan fingerprint density at radius 2 is 1.88 bits per heavy atom. The summed E-state index contributed by atoms with van der Waals surface area (Å²) in [4.78, 5) is 23.8. The molecule has 0 saturated heterocycles. The lowest BCUT2D eigenvalue weighted by Crippen LogP contribution is -2.17. The van der Waals surface area contributed by atoms with Crippen LogP contribution in [-0.4, -0.2) is 25.3 Å². The summed E-state index contributed by atoms with van der Waals surface area (Å²) in [6.07, 6.45) is -3.54. The quantitative estimate of drug-likeness (QED) is 0.664. The largest absolute Gasteiger partial charge is 0.573 e. The molecule has 1 aliphatic rings. The van der Waals surface area contributed by atoms with E-state index < -0.39 is 24.0 Å². The molecule has 1 amide bonds. The van der Waals surface area contributed by atoms with E-state index in [-0.39, 0.29) is 16.7 Å². The van der Waals surface area contributed by atoms with E-state index in [1.54, 1.807) is 0 Å². The summed E-state index contributed by atoms with van der Waals surface area (Å²) < 4.78 is 46.2. The highest BCUT2D eigenvalue weighted by atomic mass is 19.4. The van der Waals surface area contributed by atoms with Crippen molar-refractivity contribution in [3.63, 3.8) is 0 Å². The lowest BCUT2D eigenvalue weighted by molar-refractivity contribution is -0.274. The van der Waals surface area contributed by atoms with Crippen molar-refractivity contribution in [3.05, 3.63) is 59.2 Å². The molecule has 0 aliphatic carbocycles. The average molecular weight is 363 g/mol. The van der Waals surface area contributed by atoms with Crippen LogP contribution in [0.3, 0.4) is 0 Å². The number of hydrogen-bond acceptors (Lipinski definition) is 4. The number of esters is 1. The molecular formula is C18H12F3NO4. The lowest BCUT2D eigenvalue weighted by atomic mass is 10.0. The van der Waals surface area contributed by atoms with Gasteiger partial charge in [-0.25, -0.2) is 4.79 Å². The fourth-order valence-electron chi connectivity index (χ4n) is 2.56. The van der Waals surface area contributed by atoms with E-state index in [0.717, 1.165) is 6.07 Å². The Labute approximate surface area is 146 Å². The molecule has 8 heteroatoms. The minimum absolute atomic E-state index is 0.0971. The molecule has 0 radical (unpaired) electrons. The summed E-state index contributed by atoms with van der Waals surface area (Å²) in [7, 11) is 1.23. The van der Waals surface area contributed by atoms with Crippen LogP contribution < -0.4 is 10.1 Å². The molecule has 0 fully saturated rings. The van der Waals surface area contributed by atoms with Gasteiger partial charge in [0.25, 0.3) is 5.91 Å². The van der Waals surface area contributed by atoms with Crippen molar-refractivity contribution in [2.24, 2.45) is 0 Å². The molecule has 134 valence electrons. The van der Waals surface area contributed by atoms with Crippen molar-refractivity contribution < 1.29 is 32.2 Å². The Bertz CT molecular complexity index is 919. The number of para-hydroxylation sites is 1. The molecule has 3 rings (SSSR count). The molecule has 0 bridgehead atoms. The second-order valence-electron chi connectivity index (χ2n) is 5.35. The zero-order valence-corrected chi connectivity index (χ0v) is 13.4. The van der Waals surface area contributed by atoms with E-state index in [1.165, 1.54) is 49.6 Å². The number of carbonyl (C=O) groups is 2. The Morgan fingerprint density at radius 3 is 2.58 bits per heavy atom. The van der Waals surface area contributed by atoms with Gasteiger partial charge >= 0.3 is 12.3 Å². The van der Waals surface area contributed by atoms with Gasteiger partial charge in [-0.05, 0) is 24.3 Å². The van der Waals surface area contributed by atoms with Crippen LogP contribution in [0.15, 0.2) is 42.5 Å². The first-order chi connectivity index (χ1) is 12.3. The number of carbonyl (C=O) groups excluding carboxylic acids is 2. The summed E-state index contributed by atoms with van der Waals surface area (Å²) in [5, 5.41) is 2.58. The maximum absolute atomic E-state index is 12.5. The van der Waals surface area contributed by atoms with Crippen molar-refractivity contribution in [1.82, 2.24) is 0 Å². The number of halogens is 3. The Hall–Kier alpha value is -3.29. The fourth-order valence-corrected chi connectivity index (χ4v) is 2.56. The van der Waals surface area contributed by atoms with Crippen LogP contribution in [0.2, 0.25) is 0 Å². The zero-order chi connectivity index (χ0) is 18.9. The van der Waals surface area contributed by atoms with Crippen molar-refractivity contribution in [2.45, 2.75) is 6.36 Å². The van der Waals surface area contributed by atoms with Gasteiger partial charge < -0.3 is 14.8 Å². The first-order valence-corrected chi connectivity index (χ1v) is 7.39. The van der Waals surface area contributed by atoms with Crippen molar-refractivity contribution in [3.8, 4) is 5.75 Å². The number of alkyl halides is 3. The third-order valence-electron chi connectivity index (χ3n) is 3.67. The zero-order valence-electron chi connectivity index (χ0n) is 13.4. The predicted molar refractivity (Wildman–Crippen MR) is 87.4 cm³/mol. The summed E-state index contributed by atoms with van der Waals surface area (Å²) in [5.41, 5.74) is 1.34. The second-order valence-corrected chi connectivity index (χ2v) is 5.35. The Kier molecular flexibility index (Phi) is 4.41. The Balaban J connectivity index is 2.02. The summed E-state index contributed by atoms with van der Waals surface area (Å²) in [6.45, 7) is 0. The molecule has 5 nitrogen and oxygen atoms in total. The molecular weight excluding hydrogens is 351 g/mol. The van der Waals surface area contributed by atoms with Gasteiger partial charge in [-0.15, -0.1) is 13.2 Å². The molecule has 0 aromatic heterocycles. The highest BCUT2D eigenvalue weighted by Gasteiger charge is 2.32. The van der Waals surface area contributed by atoms with E-state index in [2.05, 4.69) is 14.8 Å². The molecule has 1 heterocycles. The maximum atomic E-state index is 12.5. The number of ether oxygens (including phenoxy) is 2. The minimum Gasteiger partial charge on any atom is -0.465 e. The van der Waals surface area contributed by atoms with Gasteiger partial charge in [-0.1, -0.05) is 24.3 Å². The predicted octanol–water partition coefficient (Wildman–Crippen LogP) is 3.86. The molecule has 2 aromatic rings. The number of methoxy groups -OCH3 is 1. The third kappa shape index (κ3) is 3.53. The maximum Gasteiger partial charge on any atom is 0.573 e. The standard InChI is InChI=1S/C18H12F3NO4/c1-25-17(24)11-6-7-12-13(16(23)22-14(12)9-11)8-10-4-2-3-5-15(10)26-18(19,20)21/h2-9H,1H3,(H,22,23). The van der Waals surface area contributed by atoms with Crippen molar-refractivity contribution >= 4 is 29.2 Å². The number of fused-ring (bicyclic) bond motifs is 1. The van der Waals surface area contributed by atoms with Crippen LogP contribution in [-0.2, 0) is 9.53 Å². The SMILES string of the molecule is COC(=O)c1ccc2c(c1)NC(=O)C2=Cc1ccccc1OC(F)(F)F. The molecule has 1 N–H and O–H groups in total. The lowest BCUT2D eigenvalue weighted by Gasteiger charge is -2.11. The van der Waals surface area contributed by atoms with Crippen LogP contribution in [0.1, 0.15) is 21.5 Å². The summed E-state index contributed by atoms with van der Waals surface area (Å²) in [6, 6.07) is 9.93. The molecule has 0 atom stereocenters. The van der Waals surface area contributed by atoms with E-state index >= 15 is 0 Å². The van der Waals surface area contributed by atoms with Crippen LogP contribution >= 0.6 is 0 Å². The molecule has 0 saturated carbocycles. The van der Waals surface area contributed by atoms with E-state index in [4.69, 9.17) is 0 Å². The van der Waals surface area contributed by atoms with Crippen LogP contribution in [0.4, 0.5) is 18.9 Å². The first-order valence-electron chi connectivity index (χ1n) is 7.39. The molecule has 26 heavy (non-hydrogen) atoms.